The van der Waals surface area contributed by atoms with E-state index in [1.165, 1.54) is 32.1 Å². The van der Waals surface area contributed by atoms with Crippen LogP contribution in [-0.2, 0) is 19.1 Å². The van der Waals surface area contributed by atoms with E-state index < -0.39 is 30.1 Å². The SMILES string of the molecule is CCCCCCCCCCC(C(OCC)OCC)C(C(=O)O)C(=O)O. The molecule has 0 aliphatic rings. The van der Waals surface area contributed by atoms with Crippen LogP contribution in [0.4, 0.5) is 0 Å². The number of rotatable bonds is 17. The van der Waals surface area contributed by atoms with E-state index in [4.69, 9.17) is 9.47 Å². The van der Waals surface area contributed by atoms with Crippen LogP contribution in [0.25, 0.3) is 0 Å². The Bertz CT molecular complexity index is 338. The van der Waals surface area contributed by atoms with Gasteiger partial charge in [-0.05, 0) is 20.3 Å². The first-order valence-electron chi connectivity index (χ1n) is 9.68. The molecule has 6 heteroatoms. The Morgan fingerprint density at radius 2 is 1.20 bits per heavy atom. The summed E-state index contributed by atoms with van der Waals surface area (Å²) in [6.07, 6.45) is 8.68. The fourth-order valence-corrected chi connectivity index (χ4v) is 3.07. The summed E-state index contributed by atoms with van der Waals surface area (Å²) in [5, 5.41) is 18.7. The van der Waals surface area contributed by atoms with Crippen molar-refractivity contribution in [2.75, 3.05) is 13.2 Å². The lowest BCUT2D eigenvalue weighted by atomic mass is 9.86. The van der Waals surface area contributed by atoms with E-state index in [0.29, 0.717) is 19.6 Å². The number of carboxylic acids is 2. The van der Waals surface area contributed by atoms with Crippen molar-refractivity contribution in [2.45, 2.75) is 84.8 Å². The third-order valence-corrected chi connectivity index (χ3v) is 4.36. The van der Waals surface area contributed by atoms with Gasteiger partial charge in [0.1, 0.15) is 0 Å². The summed E-state index contributed by atoms with van der Waals surface area (Å²) in [5.74, 6) is -4.86. The molecule has 0 fully saturated rings. The molecule has 0 rings (SSSR count). The first-order chi connectivity index (χ1) is 12.0. The number of carboxylic acid groups (broad SMARTS) is 2. The summed E-state index contributed by atoms with van der Waals surface area (Å²) in [6.45, 7) is 6.47. The number of carbonyl (C=O) groups is 2. The molecular formula is C19H36O6. The zero-order valence-electron chi connectivity index (χ0n) is 16.0. The van der Waals surface area contributed by atoms with Crippen LogP contribution in [0.1, 0.15) is 78.6 Å². The van der Waals surface area contributed by atoms with Gasteiger partial charge >= 0.3 is 11.9 Å². The highest BCUT2D eigenvalue weighted by molar-refractivity contribution is 5.93. The monoisotopic (exact) mass is 360 g/mol. The maximum atomic E-state index is 11.4. The maximum Gasteiger partial charge on any atom is 0.318 e. The van der Waals surface area contributed by atoms with Crippen molar-refractivity contribution in [1.82, 2.24) is 0 Å². The van der Waals surface area contributed by atoms with Crippen molar-refractivity contribution in [1.29, 1.82) is 0 Å². The molecule has 0 aliphatic carbocycles. The second-order valence-electron chi connectivity index (χ2n) is 6.36. The molecule has 0 saturated carbocycles. The minimum absolute atomic E-state index is 0.352. The molecule has 0 amide bonds. The van der Waals surface area contributed by atoms with Crippen LogP contribution in [0.5, 0.6) is 0 Å². The number of hydrogen-bond acceptors (Lipinski definition) is 4. The molecule has 1 unspecified atom stereocenters. The highest BCUT2D eigenvalue weighted by Gasteiger charge is 2.40. The lowest BCUT2D eigenvalue weighted by Gasteiger charge is -2.29. The molecule has 0 radical (unpaired) electrons. The van der Waals surface area contributed by atoms with E-state index in [2.05, 4.69) is 6.92 Å². The molecule has 0 aromatic rings. The Morgan fingerprint density at radius 1 is 0.760 bits per heavy atom. The Labute approximate surface area is 151 Å². The van der Waals surface area contributed by atoms with Gasteiger partial charge < -0.3 is 19.7 Å². The molecule has 0 bridgehead atoms. The molecule has 0 heterocycles. The Morgan fingerprint density at radius 3 is 1.60 bits per heavy atom. The van der Waals surface area contributed by atoms with Gasteiger partial charge in [-0.25, -0.2) is 0 Å². The van der Waals surface area contributed by atoms with Gasteiger partial charge in [-0.15, -0.1) is 0 Å². The molecule has 0 aromatic carbocycles. The Balaban J connectivity index is 4.62. The lowest BCUT2D eigenvalue weighted by molar-refractivity contribution is -0.193. The van der Waals surface area contributed by atoms with Gasteiger partial charge in [-0.1, -0.05) is 58.3 Å². The van der Waals surface area contributed by atoms with Crippen molar-refractivity contribution >= 4 is 11.9 Å². The summed E-state index contributed by atoms with van der Waals surface area (Å²) in [5.41, 5.74) is 0. The zero-order chi connectivity index (χ0) is 19.1. The summed E-state index contributed by atoms with van der Waals surface area (Å²) >= 11 is 0. The summed E-state index contributed by atoms with van der Waals surface area (Å²) in [6, 6.07) is 0. The van der Waals surface area contributed by atoms with Gasteiger partial charge in [-0.3, -0.25) is 9.59 Å². The predicted molar refractivity (Wildman–Crippen MR) is 96.5 cm³/mol. The van der Waals surface area contributed by atoms with Gasteiger partial charge in [-0.2, -0.15) is 0 Å². The molecule has 6 nitrogen and oxygen atoms in total. The minimum Gasteiger partial charge on any atom is -0.481 e. The molecule has 25 heavy (non-hydrogen) atoms. The fourth-order valence-electron chi connectivity index (χ4n) is 3.07. The average Bonchev–Trinajstić information content (AvgIpc) is 2.55. The quantitative estimate of drug-likeness (QED) is 0.228. The number of aliphatic carboxylic acids is 2. The van der Waals surface area contributed by atoms with Gasteiger partial charge in [0.25, 0.3) is 0 Å². The molecule has 0 aliphatic heterocycles. The van der Waals surface area contributed by atoms with E-state index in [-0.39, 0.29) is 0 Å². The number of unbranched alkanes of at least 4 members (excludes halogenated alkanes) is 7. The van der Waals surface area contributed by atoms with E-state index in [9.17, 15) is 19.8 Å². The maximum absolute atomic E-state index is 11.4. The average molecular weight is 360 g/mol. The zero-order valence-corrected chi connectivity index (χ0v) is 16.0. The first kappa shape index (κ1) is 23.9. The van der Waals surface area contributed by atoms with E-state index >= 15 is 0 Å². The van der Waals surface area contributed by atoms with Crippen molar-refractivity contribution in [3.05, 3.63) is 0 Å². The van der Waals surface area contributed by atoms with Crippen molar-refractivity contribution in [3.8, 4) is 0 Å². The predicted octanol–water partition coefficient (Wildman–Crippen LogP) is 4.32. The smallest absolute Gasteiger partial charge is 0.318 e. The Kier molecular flexibility index (Phi) is 14.5. The van der Waals surface area contributed by atoms with Crippen molar-refractivity contribution < 1.29 is 29.3 Å². The fraction of sp³-hybridized carbons (Fsp3) is 0.895. The molecule has 0 aromatic heterocycles. The molecule has 0 saturated heterocycles. The van der Waals surface area contributed by atoms with Gasteiger partial charge in [0.2, 0.25) is 0 Å². The minimum atomic E-state index is -1.51. The van der Waals surface area contributed by atoms with Crippen LogP contribution in [0.3, 0.4) is 0 Å². The van der Waals surface area contributed by atoms with Crippen molar-refractivity contribution in [2.24, 2.45) is 11.8 Å². The van der Waals surface area contributed by atoms with Gasteiger partial charge in [0, 0.05) is 19.1 Å². The Hall–Kier alpha value is -1.14. The van der Waals surface area contributed by atoms with Crippen LogP contribution in [-0.4, -0.2) is 41.7 Å². The van der Waals surface area contributed by atoms with E-state index in [1.54, 1.807) is 13.8 Å². The van der Waals surface area contributed by atoms with Crippen LogP contribution in [0.15, 0.2) is 0 Å². The molecule has 2 N–H and O–H groups in total. The topological polar surface area (TPSA) is 93.1 Å². The largest absolute Gasteiger partial charge is 0.481 e. The first-order valence-corrected chi connectivity index (χ1v) is 9.68. The molecule has 0 spiro atoms. The van der Waals surface area contributed by atoms with Crippen LogP contribution in [0.2, 0.25) is 0 Å². The van der Waals surface area contributed by atoms with Crippen LogP contribution >= 0.6 is 0 Å². The van der Waals surface area contributed by atoms with E-state index in [0.717, 1.165) is 19.3 Å². The van der Waals surface area contributed by atoms with E-state index in [1.807, 2.05) is 0 Å². The molecule has 1 atom stereocenters. The second-order valence-corrected chi connectivity index (χ2v) is 6.36. The number of hydrogen-bond donors (Lipinski definition) is 2. The third-order valence-electron chi connectivity index (χ3n) is 4.36. The summed E-state index contributed by atoms with van der Waals surface area (Å²) in [4.78, 5) is 22.9. The second kappa shape index (κ2) is 15.1. The normalized spacial score (nSPS) is 12.7. The highest BCUT2D eigenvalue weighted by atomic mass is 16.7. The number of ether oxygens (including phenoxy) is 2. The summed E-state index contributed by atoms with van der Waals surface area (Å²) in [7, 11) is 0. The standard InChI is InChI=1S/C19H36O6/c1-4-7-8-9-10-11-12-13-14-15(16(17(20)21)18(22)23)19(24-5-2)25-6-3/h15-16,19H,4-14H2,1-3H3,(H,20,21)(H,22,23). The molecule has 148 valence electrons. The molecular weight excluding hydrogens is 324 g/mol. The van der Waals surface area contributed by atoms with Crippen LogP contribution < -0.4 is 0 Å². The summed E-state index contributed by atoms with van der Waals surface area (Å²) < 4.78 is 11.0. The van der Waals surface area contributed by atoms with Crippen molar-refractivity contribution in [3.63, 3.8) is 0 Å². The lowest BCUT2D eigenvalue weighted by Crippen LogP contribution is -2.40. The van der Waals surface area contributed by atoms with Gasteiger partial charge in [0.05, 0.1) is 0 Å². The van der Waals surface area contributed by atoms with Crippen LogP contribution in [0, 0.1) is 11.8 Å². The highest BCUT2D eigenvalue weighted by Crippen LogP contribution is 2.27. The third kappa shape index (κ3) is 10.4. The van der Waals surface area contributed by atoms with Gasteiger partial charge in [0.15, 0.2) is 12.2 Å².